The van der Waals surface area contributed by atoms with Gasteiger partial charge in [0.15, 0.2) is 5.43 Å². The molecule has 0 spiro atoms. The second-order valence-corrected chi connectivity index (χ2v) is 5.36. The first-order valence-corrected chi connectivity index (χ1v) is 6.57. The van der Waals surface area contributed by atoms with E-state index in [9.17, 15) is 26.4 Å². The van der Waals surface area contributed by atoms with Crippen molar-refractivity contribution in [3.05, 3.63) is 40.1 Å². The largest absolute Gasteiger partial charge is 0.534 e. The van der Waals surface area contributed by atoms with E-state index in [1.54, 1.807) is 0 Å². The molecule has 9 heteroatoms. The molecule has 108 valence electrons. The van der Waals surface area contributed by atoms with Crippen LogP contribution < -0.4 is 9.61 Å². The monoisotopic (exact) mass is 308 g/mol. The van der Waals surface area contributed by atoms with Crippen molar-refractivity contribution in [2.45, 2.75) is 12.4 Å². The molecule has 1 aromatic carbocycles. The zero-order valence-corrected chi connectivity index (χ0v) is 10.7. The van der Waals surface area contributed by atoms with Crippen LogP contribution in [-0.2, 0) is 10.1 Å². The molecule has 0 saturated carbocycles. The highest BCUT2D eigenvalue weighted by Gasteiger charge is 2.49. The van der Waals surface area contributed by atoms with Crippen LogP contribution in [-0.4, -0.2) is 13.9 Å². The van der Waals surface area contributed by atoms with Gasteiger partial charge in [0, 0.05) is 0 Å². The Labute approximate surface area is 110 Å². The molecular formula is C11H7F3O5S. The standard InChI is InChI=1S/C11H7F3O5S/c1-6-9(15)7-4-2-3-5-8(7)18-10(6)19-20(16,17)11(12,13)14/h2-5H,1H3. The normalized spacial score (nSPS) is 12.6. The van der Waals surface area contributed by atoms with Gasteiger partial charge in [0.2, 0.25) is 0 Å². The fourth-order valence-corrected chi connectivity index (χ4v) is 1.89. The fourth-order valence-electron chi connectivity index (χ4n) is 1.44. The Balaban J connectivity index is 2.63. The van der Waals surface area contributed by atoms with Gasteiger partial charge < -0.3 is 8.60 Å². The molecule has 5 nitrogen and oxygen atoms in total. The average Bonchev–Trinajstić information content (AvgIpc) is 2.34. The summed E-state index contributed by atoms with van der Waals surface area (Å²) in [6.07, 6.45) is 0. The minimum Gasteiger partial charge on any atom is -0.424 e. The minimum absolute atomic E-state index is 0.0736. The number of hydrogen-bond donors (Lipinski definition) is 0. The molecule has 0 atom stereocenters. The molecule has 2 rings (SSSR count). The molecule has 0 unspecified atom stereocenters. The van der Waals surface area contributed by atoms with E-state index in [1.165, 1.54) is 24.3 Å². The zero-order valence-electron chi connectivity index (χ0n) is 9.89. The van der Waals surface area contributed by atoms with E-state index in [-0.39, 0.29) is 16.5 Å². The highest BCUT2D eigenvalue weighted by molar-refractivity contribution is 7.87. The molecule has 0 aliphatic rings. The van der Waals surface area contributed by atoms with Crippen molar-refractivity contribution < 1.29 is 30.2 Å². The summed E-state index contributed by atoms with van der Waals surface area (Å²) in [5.41, 5.74) is -6.71. The van der Waals surface area contributed by atoms with Gasteiger partial charge in [-0.15, -0.1) is 0 Å². The Hall–Kier alpha value is -2.03. The fraction of sp³-hybridized carbons (Fsp3) is 0.182. The summed E-state index contributed by atoms with van der Waals surface area (Å²) in [5.74, 6) is -0.994. The van der Waals surface area contributed by atoms with Crippen molar-refractivity contribution in [3.63, 3.8) is 0 Å². The van der Waals surface area contributed by atoms with Gasteiger partial charge in [-0.1, -0.05) is 12.1 Å². The number of halogens is 3. The summed E-state index contributed by atoms with van der Waals surface area (Å²) >= 11 is 0. The topological polar surface area (TPSA) is 73.6 Å². The molecule has 0 fully saturated rings. The van der Waals surface area contributed by atoms with Crippen LogP contribution in [0.1, 0.15) is 5.56 Å². The van der Waals surface area contributed by atoms with Gasteiger partial charge in [0.05, 0.1) is 10.9 Å². The Morgan fingerprint density at radius 1 is 1.20 bits per heavy atom. The molecule has 0 saturated heterocycles. The molecule has 0 aliphatic carbocycles. The summed E-state index contributed by atoms with van der Waals surface area (Å²) in [5, 5.41) is 0.113. The Morgan fingerprint density at radius 2 is 1.80 bits per heavy atom. The van der Waals surface area contributed by atoms with Crippen molar-refractivity contribution in [2.75, 3.05) is 0 Å². The maximum atomic E-state index is 12.2. The van der Waals surface area contributed by atoms with E-state index in [2.05, 4.69) is 4.18 Å². The third-order valence-corrected chi connectivity index (χ3v) is 3.39. The molecular weight excluding hydrogens is 301 g/mol. The molecule has 2 aromatic rings. The quantitative estimate of drug-likeness (QED) is 0.629. The molecule has 0 bridgehead atoms. The highest BCUT2D eigenvalue weighted by atomic mass is 32.2. The Morgan fingerprint density at radius 3 is 2.40 bits per heavy atom. The molecule has 0 N–H and O–H groups in total. The number of hydrogen-bond acceptors (Lipinski definition) is 5. The van der Waals surface area contributed by atoms with E-state index in [4.69, 9.17) is 4.42 Å². The lowest BCUT2D eigenvalue weighted by atomic mass is 10.2. The number of fused-ring (bicyclic) bond motifs is 1. The highest BCUT2D eigenvalue weighted by Crippen LogP contribution is 2.29. The van der Waals surface area contributed by atoms with Gasteiger partial charge in [0.1, 0.15) is 5.58 Å². The third kappa shape index (κ3) is 2.36. The first-order chi connectivity index (χ1) is 9.13. The third-order valence-electron chi connectivity index (χ3n) is 2.45. The molecule has 1 heterocycles. The second kappa shape index (κ2) is 4.51. The first kappa shape index (κ1) is 14.4. The van der Waals surface area contributed by atoms with Gasteiger partial charge >= 0.3 is 21.6 Å². The van der Waals surface area contributed by atoms with Crippen LogP contribution >= 0.6 is 0 Å². The lowest BCUT2D eigenvalue weighted by molar-refractivity contribution is -0.0506. The first-order valence-electron chi connectivity index (χ1n) is 5.16. The van der Waals surface area contributed by atoms with Crippen LogP contribution in [0.25, 0.3) is 11.0 Å². The van der Waals surface area contributed by atoms with E-state index >= 15 is 0 Å². The summed E-state index contributed by atoms with van der Waals surface area (Å²) in [4.78, 5) is 11.9. The maximum absolute atomic E-state index is 12.2. The van der Waals surface area contributed by atoms with E-state index in [1.807, 2.05) is 0 Å². The van der Waals surface area contributed by atoms with E-state index in [0.717, 1.165) is 6.92 Å². The zero-order chi connectivity index (χ0) is 15.1. The van der Waals surface area contributed by atoms with Crippen molar-refractivity contribution in [2.24, 2.45) is 0 Å². The van der Waals surface area contributed by atoms with Gasteiger partial charge in [-0.25, -0.2) is 0 Å². The van der Waals surface area contributed by atoms with Gasteiger partial charge in [-0.05, 0) is 19.1 Å². The van der Waals surface area contributed by atoms with Crippen LogP contribution in [0.4, 0.5) is 13.2 Å². The van der Waals surface area contributed by atoms with Crippen molar-refractivity contribution in [1.82, 2.24) is 0 Å². The molecule has 0 radical (unpaired) electrons. The van der Waals surface area contributed by atoms with E-state index in [0.29, 0.717) is 0 Å². The molecule has 0 aliphatic heterocycles. The van der Waals surface area contributed by atoms with E-state index < -0.39 is 27.0 Å². The molecule has 20 heavy (non-hydrogen) atoms. The number of alkyl halides is 3. The summed E-state index contributed by atoms with van der Waals surface area (Å²) < 4.78 is 67.3. The van der Waals surface area contributed by atoms with Crippen LogP contribution in [0.3, 0.4) is 0 Å². The van der Waals surface area contributed by atoms with Crippen LogP contribution in [0.5, 0.6) is 5.95 Å². The van der Waals surface area contributed by atoms with Crippen LogP contribution in [0, 0.1) is 6.92 Å². The van der Waals surface area contributed by atoms with Crippen molar-refractivity contribution in [3.8, 4) is 5.95 Å². The van der Waals surface area contributed by atoms with Crippen molar-refractivity contribution in [1.29, 1.82) is 0 Å². The summed E-state index contributed by atoms with van der Waals surface area (Å²) in [7, 11) is -5.89. The maximum Gasteiger partial charge on any atom is 0.534 e. The molecule has 0 amide bonds. The number of rotatable bonds is 2. The van der Waals surface area contributed by atoms with Gasteiger partial charge in [-0.2, -0.15) is 21.6 Å². The Bertz CT molecular complexity index is 820. The minimum atomic E-state index is -5.89. The number of para-hydroxylation sites is 1. The van der Waals surface area contributed by atoms with Crippen molar-refractivity contribution >= 4 is 21.1 Å². The summed E-state index contributed by atoms with van der Waals surface area (Å²) in [6, 6.07) is 5.72. The lowest BCUT2D eigenvalue weighted by Crippen LogP contribution is -2.28. The average molecular weight is 308 g/mol. The lowest BCUT2D eigenvalue weighted by Gasteiger charge is -2.10. The second-order valence-electron chi connectivity index (χ2n) is 3.82. The van der Waals surface area contributed by atoms with Gasteiger partial charge in [-0.3, -0.25) is 4.79 Å². The van der Waals surface area contributed by atoms with Crippen LogP contribution in [0.15, 0.2) is 33.5 Å². The Kier molecular flexibility index (Phi) is 3.24. The predicted molar refractivity (Wildman–Crippen MR) is 62.8 cm³/mol. The predicted octanol–water partition coefficient (Wildman–Crippen LogP) is 2.33. The van der Waals surface area contributed by atoms with Crippen LogP contribution in [0.2, 0.25) is 0 Å². The number of benzene rings is 1. The smallest absolute Gasteiger partial charge is 0.424 e. The SMILES string of the molecule is Cc1c(OS(=O)(=O)C(F)(F)F)oc2ccccc2c1=O. The van der Waals surface area contributed by atoms with Gasteiger partial charge in [0.25, 0.3) is 0 Å². The summed E-state index contributed by atoms with van der Waals surface area (Å²) in [6.45, 7) is 1.11. The molecule has 1 aromatic heterocycles.